The van der Waals surface area contributed by atoms with Crippen molar-refractivity contribution in [2.45, 2.75) is 6.54 Å². The van der Waals surface area contributed by atoms with E-state index < -0.39 is 20.2 Å². The number of hydrogen-bond acceptors (Lipinski definition) is 5. The SMILES string of the molecule is COc1ccc(CN(c2ccccc2)S(=O)(=O)CCl)cc1[N+](=O)[O-]. The van der Waals surface area contributed by atoms with Crippen LogP contribution in [0.5, 0.6) is 5.75 Å². The van der Waals surface area contributed by atoms with E-state index in [1.165, 1.54) is 19.2 Å². The number of rotatable bonds is 7. The number of alkyl halides is 1. The van der Waals surface area contributed by atoms with Gasteiger partial charge in [-0.1, -0.05) is 24.3 Å². The molecule has 0 atom stereocenters. The van der Waals surface area contributed by atoms with Crippen molar-refractivity contribution in [2.75, 3.05) is 16.6 Å². The molecule has 0 aliphatic rings. The van der Waals surface area contributed by atoms with E-state index >= 15 is 0 Å². The first-order valence-corrected chi connectivity index (χ1v) is 8.96. The molecule has 128 valence electrons. The van der Waals surface area contributed by atoms with Crippen LogP contribution in [0.25, 0.3) is 0 Å². The van der Waals surface area contributed by atoms with Gasteiger partial charge in [-0.25, -0.2) is 8.42 Å². The quantitative estimate of drug-likeness (QED) is 0.424. The number of anilines is 1. The minimum absolute atomic E-state index is 0.0795. The van der Waals surface area contributed by atoms with E-state index in [2.05, 4.69) is 0 Å². The van der Waals surface area contributed by atoms with E-state index in [1.54, 1.807) is 36.4 Å². The lowest BCUT2D eigenvalue weighted by Crippen LogP contribution is -2.31. The van der Waals surface area contributed by atoms with Crippen molar-refractivity contribution in [1.82, 2.24) is 0 Å². The second-order valence-corrected chi connectivity index (χ2v) is 7.30. The number of methoxy groups -OCH3 is 1. The molecule has 2 aromatic carbocycles. The largest absolute Gasteiger partial charge is 0.490 e. The Labute approximate surface area is 144 Å². The molecule has 24 heavy (non-hydrogen) atoms. The van der Waals surface area contributed by atoms with Gasteiger partial charge in [0.2, 0.25) is 10.0 Å². The molecule has 0 saturated carbocycles. The van der Waals surface area contributed by atoms with Crippen molar-refractivity contribution >= 4 is 33.0 Å². The third-order valence-corrected chi connectivity index (χ3v) is 5.40. The van der Waals surface area contributed by atoms with Gasteiger partial charge in [-0.2, -0.15) is 0 Å². The summed E-state index contributed by atoms with van der Waals surface area (Å²) in [6.45, 7) is -0.0795. The predicted octanol–water partition coefficient (Wildman–Crippen LogP) is 3.14. The minimum Gasteiger partial charge on any atom is -0.490 e. The summed E-state index contributed by atoms with van der Waals surface area (Å²) in [7, 11) is -2.43. The number of halogens is 1. The number of nitrogens with zero attached hydrogens (tertiary/aromatic N) is 2. The van der Waals surface area contributed by atoms with Gasteiger partial charge in [0, 0.05) is 6.07 Å². The number of hydrogen-bond donors (Lipinski definition) is 0. The number of ether oxygens (including phenoxy) is 1. The summed E-state index contributed by atoms with van der Waals surface area (Å²) in [4.78, 5) is 10.5. The Morgan fingerprint density at radius 3 is 2.42 bits per heavy atom. The van der Waals surface area contributed by atoms with Gasteiger partial charge in [0.05, 0.1) is 24.3 Å². The van der Waals surface area contributed by atoms with Crippen molar-refractivity contribution in [2.24, 2.45) is 0 Å². The highest BCUT2D eigenvalue weighted by Gasteiger charge is 2.23. The molecule has 0 spiro atoms. The molecule has 7 nitrogen and oxygen atoms in total. The fourth-order valence-electron chi connectivity index (χ4n) is 2.15. The number of para-hydroxylation sites is 1. The lowest BCUT2D eigenvalue weighted by atomic mass is 10.2. The number of nitro benzene ring substituents is 1. The van der Waals surface area contributed by atoms with Crippen LogP contribution in [-0.2, 0) is 16.6 Å². The zero-order chi connectivity index (χ0) is 17.7. The standard InChI is InChI=1S/C15H15ClN2O5S/c1-23-15-8-7-12(9-14(15)18(19)20)10-17(24(21,22)11-16)13-5-3-2-4-6-13/h2-9H,10-11H2,1H3. The van der Waals surface area contributed by atoms with Crippen LogP contribution < -0.4 is 9.04 Å². The highest BCUT2D eigenvalue weighted by Crippen LogP contribution is 2.29. The zero-order valence-corrected chi connectivity index (χ0v) is 14.3. The average molecular weight is 371 g/mol. The van der Waals surface area contributed by atoms with Crippen LogP contribution in [0.15, 0.2) is 48.5 Å². The van der Waals surface area contributed by atoms with Crippen molar-refractivity contribution in [3.8, 4) is 5.75 Å². The number of benzene rings is 2. The summed E-state index contributed by atoms with van der Waals surface area (Å²) in [6.07, 6.45) is 0. The minimum atomic E-state index is -3.76. The average Bonchev–Trinajstić information content (AvgIpc) is 2.60. The number of sulfonamides is 1. The molecule has 0 aliphatic heterocycles. The van der Waals surface area contributed by atoms with Crippen LogP contribution in [0.3, 0.4) is 0 Å². The Morgan fingerprint density at radius 1 is 1.21 bits per heavy atom. The molecule has 0 saturated heterocycles. The maximum atomic E-state index is 12.3. The first-order chi connectivity index (χ1) is 11.4. The number of nitro groups is 1. The van der Waals surface area contributed by atoms with Crippen LogP contribution in [0.1, 0.15) is 5.56 Å². The maximum Gasteiger partial charge on any atom is 0.311 e. The predicted molar refractivity (Wildman–Crippen MR) is 91.9 cm³/mol. The summed E-state index contributed by atoms with van der Waals surface area (Å²) in [5, 5.41) is 10.5. The molecule has 0 aromatic heterocycles. The van der Waals surface area contributed by atoms with Crippen LogP contribution in [0.2, 0.25) is 0 Å². The van der Waals surface area contributed by atoms with Crippen molar-refractivity contribution in [3.05, 3.63) is 64.2 Å². The summed E-state index contributed by atoms with van der Waals surface area (Å²) in [5.41, 5.74) is 0.642. The van der Waals surface area contributed by atoms with Gasteiger partial charge in [-0.15, -0.1) is 11.6 Å². The monoisotopic (exact) mass is 370 g/mol. The second-order valence-electron chi connectivity index (χ2n) is 4.83. The van der Waals surface area contributed by atoms with Gasteiger partial charge in [0.15, 0.2) is 5.75 Å². The van der Waals surface area contributed by atoms with E-state index in [0.717, 1.165) is 4.31 Å². The smallest absolute Gasteiger partial charge is 0.311 e. The first-order valence-electron chi connectivity index (χ1n) is 6.82. The Kier molecular flexibility index (Phi) is 5.63. The first kappa shape index (κ1) is 18.0. The lowest BCUT2D eigenvalue weighted by Gasteiger charge is -2.23. The summed E-state index contributed by atoms with van der Waals surface area (Å²) in [6, 6.07) is 12.7. The van der Waals surface area contributed by atoms with E-state index in [-0.39, 0.29) is 18.0 Å². The van der Waals surface area contributed by atoms with Gasteiger partial charge in [0.1, 0.15) is 5.21 Å². The molecule has 2 rings (SSSR count). The Hall–Kier alpha value is -2.32. The van der Waals surface area contributed by atoms with Crippen LogP contribution in [-0.4, -0.2) is 25.7 Å². The Bertz CT molecular complexity index is 827. The highest BCUT2D eigenvalue weighted by molar-refractivity contribution is 7.93. The van der Waals surface area contributed by atoms with E-state index in [0.29, 0.717) is 11.3 Å². The fraction of sp³-hybridized carbons (Fsp3) is 0.200. The van der Waals surface area contributed by atoms with Crippen molar-refractivity contribution in [1.29, 1.82) is 0 Å². The zero-order valence-electron chi connectivity index (χ0n) is 12.8. The molecule has 0 amide bonds. The van der Waals surface area contributed by atoms with Crippen LogP contribution in [0.4, 0.5) is 11.4 Å². The third kappa shape index (κ3) is 3.95. The molecule has 0 bridgehead atoms. The summed E-state index contributed by atoms with van der Waals surface area (Å²) in [5.74, 6) is 0.107. The molecule has 0 N–H and O–H groups in total. The molecular formula is C15H15ClN2O5S. The van der Waals surface area contributed by atoms with E-state index in [1.807, 2.05) is 0 Å². The van der Waals surface area contributed by atoms with Crippen LogP contribution >= 0.6 is 11.6 Å². The van der Waals surface area contributed by atoms with Crippen molar-refractivity contribution < 1.29 is 18.1 Å². The lowest BCUT2D eigenvalue weighted by molar-refractivity contribution is -0.385. The molecule has 9 heteroatoms. The van der Waals surface area contributed by atoms with Crippen LogP contribution in [0, 0.1) is 10.1 Å². The van der Waals surface area contributed by atoms with Gasteiger partial charge in [-0.3, -0.25) is 14.4 Å². The van der Waals surface area contributed by atoms with Gasteiger partial charge < -0.3 is 4.74 Å². The third-order valence-electron chi connectivity index (χ3n) is 3.28. The topological polar surface area (TPSA) is 89.8 Å². The molecule has 2 aromatic rings. The van der Waals surface area contributed by atoms with E-state index in [9.17, 15) is 18.5 Å². The van der Waals surface area contributed by atoms with Gasteiger partial charge in [0.25, 0.3) is 0 Å². The van der Waals surface area contributed by atoms with E-state index in [4.69, 9.17) is 16.3 Å². The normalized spacial score (nSPS) is 11.1. The Balaban J connectivity index is 2.44. The fourth-order valence-corrected chi connectivity index (χ4v) is 3.41. The van der Waals surface area contributed by atoms with Gasteiger partial charge in [-0.05, 0) is 23.8 Å². The molecule has 0 heterocycles. The molecule has 0 unspecified atom stereocenters. The molecule has 0 radical (unpaired) electrons. The molecule has 0 fully saturated rings. The molecular weight excluding hydrogens is 356 g/mol. The second kappa shape index (κ2) is 7.50. The molecule has 0 aliphatic carbocycles. The summed E-state index contributed by atoms with van der Waals surface area (Å²) < 4.78 is 30.6. The van der Waals surface area contributed by atoms with Gasteiger partial charge >= 0.3 is 5.69 Å². The summed E-state index contributed by atoms with van der Waals surface area (Å²) >= 11 is 5.58. The van der Waals surface area contributed by atoms with Crippen molar-refractivity contribution in [3.63, 3.8) is 0 Å². The highest BCUT2D eigenvalue weighted by atomic mass is 35.5. The maximum absolute atomic E-state index is 12.3. The Morgan fingerprint density at radius 2 is 1.88 bits per heavy atom.